The van der Waals surface area contributed by atoms with Crippen LogP contribution in [0.1, 0.15) is 39.0 Å². The summed E-state index contributed by atoms with van der Waals surface area (Å²) in [6.07, 6.45) is 6.15. The van der Waals surface area contributed by atoms with E-state index in [1.165, 1.54) is 25.0 Å². The lowest BCUT2D eigenvalue weighted by Gasteiger charge is -2.24. The Hall–Kier alpha value is 0.310. The Kier molecular flexibility index (Phi) is 12.1. The van der Waals surface area contributed by atoms with Gasteiger partial charge >= 0.3 is 0 Å². The van der Waals surface area contributed by atoms with Crippen LogP contribution >= 0.6 is 35.7 Å². The third-order valence-corrected chi connectivity index (χ3v) is 5.01. The third kappa shape index (κ3) is 8.56. The van der Waals surface area contributed by atoms with Crippen molar-refractivity contribution in [3.8, 4) is 0 Å². The first kappa shape index (κ1) is 20.3. The van der Waals surface area contributed by atoms with E-state index in [0.29, 0.717) is 4.75 Å². The maximum atomic E-state index is 5.04. The van der Waals surface area contributed by atoms with Crippen LogP contribution in [0.4, 0.5) is 0 Å². The van der Waals surface area contributed by atoms with Crippen molar-refractivity contribution in [2.45, 2.75) is 43.8 Å². The monoisotopic (exact) mass is 415 g/mol. The first-order chi connectivity index (χ1) is 9.20. The first-order valence-electron chi connectivity index (χ1n) is 7.27. The van der Waals surface area contributed by atoms with E-state index in [1.54, 1.807) is 7.11 Å². The summed E-state index contributed by atoms with van der Waals surface area (Å²) < 4.78 is 5.42. The second kappa shape index (κ2) is 11.9. The van der Waals surface area contributed by atoms with Gasteiger partial charge in [-0.2, -0.15) is 11.8 Å². The van der Waals surface area contributed by atoms with E-state index in [0.717, 1.165) is 38.5 Å². The molecule has 1 aliphatic heterocycles. The Morgan fingerprint density at radius 2 is 2.10 bits per heavy atom. The smallest absolute Gasteiger partial charge is 0.191 e. The van der Waals surface area contributed by atoms with Gasteiger partial charge in [-0.05, 0) is 44.8 Å². The molecule has 1 saturated heterocycles. The van der Waals surface area contributed by atoms with E-state index in [-0.39, 0.29) is 24.0 Å². The van der Waals surface area contributed by atoms with E-state index in [9.17, 15) is 0 Å². The molecule has 0 saturated carbocycles. The topological polar surface area (TPSA) is 45.7 Å². The van der Waals surface area contributed by atoms with Gasteiger partial charge in [0.15, 0.2) is 5.96 Å². The highest BCUT2D eigenvalue weighted by Gasteiger charge is 2.29. The second-order valence-electron chi connectivity index (χ2n) is 5.31. The van der Waals surface area contributed by atoms with Gasteiger partial charge in [0.25, 0.3) is 0 Å². The van der Waals surface area contributed by atoms with Crippen LogP contribution in [-0.4, -0.2) is 50.3 Å². The molecule has 0 aromatic rings. The average molecular weight is 415 g/mol. The highest BCUT2D eigenvalue weighted by Crippen LogP contribution is 2.36. The number of thioether (sulfide) groups is 1. The van der Waals surface area contributed by atoms with Crippen LogP contribution in [0.2, 0.25) is 0 Å². The number of hydrogen-bond acceptors (Lipinski definition) is 3. The van der Waals surface area contributed by atoms with Crippen LogP contribution in [0.25, 0.3) is 0 Å². The molecule has 0 bridgehead atoms. The molecular formula is C14H30IN3OS. The van der Waals surface area contributed by atoms with Gasteiger partial charge in [-0.15, -0.1) is 24.0 Å². The molecule has 2 N–H and O–H groups in total. The zero-order valence-corrected chi connectivity index (χ0v) is 16.2. The molecule has 1 unspecified atom stereocenters. The van der Waals surface area contributed by atoms with Crippen molar-refractivity contribution in [3.63, 3.8) is 0 Å². The van der Waals surface area contributed by atoms with Gasteiger partial charge in [0.2, 0.25) is 0 Å². The predicted molar refractivity (Wildman–Crippen MR) is 101 cm³/mol. The lowest BCUT2D eigenvalue weighted by Crippen LogP contribution is -2.43. The number of hydrogen-bond donors (Lipinski definition) is 2. The number of aliphatic imine (C=N–C) groups is 1. The Labute approximate surface area is 145 Å². The highest BCUT2D eigenvalue weighted by atomic mass is 127. The number of nitrogens with zero attached hydrogens (tertiary/aromatic N) is 1. The van der Waals surface area contributed by atoms with Crippen molar-refractivity contribution in [2.75, 3.05) is 39.6 Å². The molecule has 1 atom stereocenters. The summed E-state index contributed by atoms with van der Waals surface area (Å²) in [5.74, 6) is 2.23. The van der Waals surface area contributed by atoms with Crippen LogP contribution < -0.4 is 10.6 Å². The van der Waals surface area contributed by atoms with E-state index in [2.05, 4.69) is 34.3 Å². The highest BCUT2D eigenvalue weighted by molar-refractivity contribution is 14.0. The average Bonchev–Trinajstić information content (AvgIpc) is 2.84. The van der Waals surface area contributed by atoms with Crippen LogP contribution in [0.15, 0.2) is 4.99 Å². The van der Waals surface area contributed by atoms with E-state index in [1.807, 2.05) is 7.05 Å². The summed E-state index contributed by atoms with van der Waals surface area (Å²) in [4.78, 5) is 4.27. The minimum atomic E-state index is 0. The Morgan fingerprint density at radius 1 is 1.30 bits per heavy atom. The number of nitrogens with one attached hydrogen (secondary N) is 2. The second-order valence-corrected chi connectivity index (χ2v) is 6.99. The van der Waals surface area contributed by atoms with Crippen molar-refractivity contribution in [3.05, 3.63) is 0 Å². The number of guanidine groups is 1. The summed E-state index contributed by atoms with van der Waals surface area (Å²) in [5.41, 5.74) is 0. The van der Waals surface area contributed by atoms with Crippen LogP contribution in [0, 0.1) is 0 Å². The molecule has 0 aliphatic carbocycles. The number of ether oxygens (including phenoxy) is 1. The fourth-order valence-corrected chi connectivity index (χ4v) is 3.47. The normalized spacial score (nSPS) is 22.4. The molecule has 1 heterocycles. The molecule has 0 aromatic carbocycles. The Morgan fingerprint density at radius 3 is 2.70 bits per heavy atom. The number of methoxy groups -OCH3 is 1. The lowest BCUT2D eigenvalue weighted by atomic mass is 10.1. The fraction of sp³-hybridized carbons (Fsp3) is 0.929. The minimum absolute atomic E-state index is 0. The maximum absolute atomic E-state index is 5.04. The molecule has 120 valence electrons. The first-order valence-corrected chi connectivity index (χ1v) is 8.26. The summed E-state index contributed by atoms with van der Waals surface area (Å²) in [7, 11) is 3.59. The summed E-state index contributed by atoms with van der Waals surface area (Å²) in [5, 5.41) is 6.82. The van der Waals surface area contributed by atoms with Crippen LogP contribution in [0.5, 0.6) is 0 Å². The number of halogens is 1. The van der Waals surface area contributed by atoms with Crippen molar-refractivity contribution in [1.29, 1.82) is 0 Å². The van der Waals surface area contributed by atoms with Gasteiger partial charge in [-0.25, -0.2) is 0 Å². The molecular weight excluding hydrogens is 385 g/mol. The van der Waals surface area contributed by atoms with Gasteiger partial charge in [-0.3, -0.25) is 4.99 Å². The lowest BCUT2D eigenvalue weighted by molar-refractivity contribution is 0.192. The molecule has 20 heavy (non-hydrogen) atoms. The van der Waals surface area contributed by atoms with Crippen molar-refractivity contribution in [2.24, 2.45) is 4.99 Å². The Balaban J connectivity index is 0.00000361. The maximum Gasteiger partial charge on any atom is 0.191 e. The van der Waals surface area contributed by atoms with Crippen LogP contribution in [-0.2, 0) is 4.74 Å². The molecule has 1 fully saturated rings. The zero-order chi connectivity index (χ0) is 14.0. The molecule has 0 aromatic heterocycles. The molecule has 4 nitrogen and oxygen atoms in total. The van der Waals surface area contributed by atoms with Gasteiger partial charge in [0, 0.05) is 38.6 Å². The predicted octanol–water partition coefficient (Wildman–Crippen LogP) is 2.87. The molecule has 0 spiro atoms. The molecule has 1 rings (SSSR count). The largest absolute Gasteiger partial charge is 0.385 e. The van der Waals surface area contributed by atoms with E-state index < -0.39 is 0 Å². The molecule has 0 radical (unpaired) electrons. The Bertz CT molecular complexity index is 271. The molecule has 1 aliphatic rings. The number of rotatable bonds is 8. The van der Waals surface area contributed by atoms with Crippen molar-refractivity contribution in [1.82, 2.24) is 10.6 Å². The van der Waals surface area contributed by atoms with E-state index in [4.69, 9.17) is 4.74 Å². The van der Waals surface area contributed by atoms with Crippen LogP contribution in [0.3, 0.4) is 0 Å². The van der Waals surface area contributed by atoms with Crippen molar-refractivity contribution < 1.29 is 4.74 Å². The van der Waals surface area contributed by atoms with Gasteiger partial charge in [-0.1, -0.05) is 0 Å². The summed E-state index contributed by atoms with van der Waals surface area (Å²) in [6.45, 7) is 5.19. The minimum Gasteiger partial charge on any atom is -0.385 e. The van der Waals surface area contributed by atoms with Gasteiger partial charge in [0.05, 0.1) is 0 Å². The molecule has 0 amide bonds. The molecule has 6 heteroatoms. The summed E-state index contributed by atoms with van der Waals surface area (Å²) in [6, 6.07) is 0. The fourth-order valence-electron chi connectivity index (χ4n) is 2.22. The SMILES string of the molecule is CN=C(NCCCCCOC)NCC1(C)CCCS1.I. The third-order valence-electron chi connectivity index (χ3n) is 3.47. The summed E-state index contributed by atoms with van der Waals surface area (Å²) >= 11 is 2.08. The quantitative estimate of drug-likeness (QED) is 0.277. The van der Waals surface area contributed by atoms with Gasteiger partial charge < -0.3 is 15.4 Å². The van der Waals surface area contributed by atoms with E-state index >= 15 is 0 Å². The zero-order valence-electron chi connectivity index (χ0n) is 13.0. The standard InChI is InChI=1S/C14H29N3OS.HI/c1-14(8-7-11-19-14)12-17-13(15-2)16-9-5-4-6-10-18-3;/h4-12H2,1-3H3,(H2,15,16,17);1H. The van der Waals surface area contributed by atoms with Crippen molar-refractivity contribution >= 4 is 41.7 Å². The number of unbranched alkanes of at least 4 members (excludes halogenated alkanes) is 2. The van der Waals surface area contributed by atoms with Gasteiger partial charge in [0.1, 0.15) is 0 Å².